The van der Waals surface area contributed by atoms with E-state index in [0.717, 1.165) is 6.07 Å². The van der Waals surface area contributed by atoms with E-state index in [0.29, 0.717) is 5.56 Å². The second kappa shape index (κ2) is 6.18. The van der Waals surface area contributed by atoms with Gasteiger partial charge >= 0.3 is 0 Å². The Morgan fingerprint density at radius 3 is 2.79 bits per heavy atom. The number of benzene rings is 1. The summed E-state index contributed by atoms with van der Waals surface area (Å²) in [6.07, 6.45) is 3.23. The minimum absolute atomic E-state index is 0.0652. The molecule has 6 nitrogen and oxygen atoms in total. The predicted molar refractivity (Wildman–Crippen MR) is 87.0 cm³/mol. The molecule has 0 spiro atoms. The molecule has 0 N–H and O–H groups in total. The van der Waals surface area contributed by atoms with Gasteiger partial charge in [-0.2, -0.15) is 5.10 Å². The van der Waals surface area contributed by atoms with Crippen LogP contribution in [-0.4, -0.2) is 47.1 Å². The summed E-state index contributed by atoms with van der Waals surface area (Å²) in [6.45, 7) is 0.0652. The number of amides is 1. The van der Waals surface area contributed by atoms with Gasteiger partial charge in [-0.05, 0) is 18.2 Å². The number of carbonyl (C=O) groups is 1. The van der Waals surface area contributed by atoms with Crippen LogP contribution < -0.4 is 0 Å². The molecule has 1 atom stereocenters. The molecule has 1 aromatic heterocycles. The van der Waals surface area contributed by atoms with E-state index in [1.54, 1.807) is 24.1 Å². The Labute approximate surface area is 143 Å². The van der Waals surface area contributed by atoms with E-state index < -0.39 is 21.7 Å². The van der Waals surface area contributed by atoms with E-state index in [9.17, 15) is 17.6 Å². The largest absolute Gasteiger partial charge is 0.329 e. The number of nitrogens with zero attached hydrogens (tertiary/aromatic N) is 3. The summed E-state index contributed by atoms with van der Waals surface area (Å²) in [5.74, 6) is -1.28. The van der Waals surface area contributed by atoms with Crippen molar-refractivity contribution < 1.29 is 17.6 Å². The van der Waals surface area contributed by atoms with Crippen LogP contribution in [0.2, 0.25) is 5.02 Å². The van der Waals surface area contributed by atoms with Gasteiger partial charge in [-0.3, -0.25) is 9.48 Å². The molecule has 2 heterocycles. The van der Waals surface area contributed by atoms with Gasteiger partial charge in [0.2, 0.25) is 0 Å². The van der Waals surface area contributed by atoms with Crippen molar-refractivity contribution in [1.82, 2.24) is 14.7 Å². The van der Waals surface area contributed by atoms with Crippen molar-refractivity contribution in [3.8, 4) is 0 Å². The Morgan fingerprint density at radius 1 is 1.42 bits per heavy atom. The van der Waals surface area contributed by atoms with Gasteiger partial charge in [-0.25, -0.2) is 12.8 Å². The second-order valence-corrected chi connectivity index (χ2v) is 8.34. The van der Waals surface area contributed by atoms with Gasteiger partial charge < -0.3 is 4.90 Å². The Balaban J connectivity index is 1.97. The van der Waals surface area contributed by atoms with Crippen molar-refractivity contribution in [1.29, 1.82) is 0 Å². The highest BCUT2D eigenvalue weighted by molar-refractivity contribution is 7.91. The van der Waals surface area contributed by atoms with Gasteiger partial charge in [0.25, 0.3) is 5.91 Å². The number of sulfone groups is 1. The molecule has 0 aliphatic carbocycles. The van der Waals surface area contributed by atoms with Gasteiger partial charge in [-0.1, -0.05) is 11.6 Å². The van der Waals surface area contributed by atoms with Crippen LogP contribution in [0.25, 0.3) is 0 Å². The molecule has 1 aliphatic rings. The van der Waals surface area contributed by atoms with Crippen LogP contribution in [0.3, 0.4) is 0 Å². The molecule has 1 unspecified atom stereocenters. The number of halogens is 2. The number of aryl methyl sites for hydroxylation is 1. The summed E-state index contributed by atoms with van der Waals surface area (Å²) in [4.78, 5) is 14.3. The lowest BCUT2D eigenvalue weighted by molar-refractivity contribution is 0.0697. The summed E-state index contributed by atoms with van der Waals surface area (Å²) in [5, 5.41) is 3.90. The van der Waals surface area contributed by atoms with Gasteiger partial charge in [0.15, 0.2) is 9.84 Å². The molecule has 1 amide bonds. The quantitative estimate of drug-likeness (QED) is 0.807. The minimum atomic E-state index is -3.25. The lowest BCUT2D eigenvalue weighted by Crippen LogP contribution is -2.46. The fourth-order valence-corrected chi connectivity index (χ4v) is 4.41. The monoisotopic (exact) mass is 371 g/mol. The molecular formula is C15H15ClFN3O3S. The number of carbonyl (C=O) groups excluding carboxylic acids is 1. The topological polar surface area (TPSA) is 72.3 Å². The zero-order valence-electron chi connectivity index (χ0n) is 12.8. The molecule has 3 rings (SSSR count). The SMILES string of the molecule is Cn1cc(C2CS(=O)(=O)CCN2C(=O)c2ccc(F)c(Cl)c2)cn1. The summed E-state index contributed by atoms with van der Waals surface area (Å²) in [5.41, 5.74) is 0.858. The maximum atomic E-state index is 13.3. The summed E-state index contributed by atoms with van der Waals surface area (Å²) in [7, 11) is -1.54. The number of aromatic nitrogens is 2. The Hall–Kier alpha value is -1.93. The van der Waals surface area contributed by atoms with Crippen molar-refractivity contribution in [3.05, 3.63) is 52.6 Å². The fraction of sp³-hybridized carbons (Fsp3) is 0.333. The van der Waals surface area contributed by atoms with Crippen molar-refractivity contribution in [2.45, 2.75) is 6.04 Å². The first kappa shape index (κ1) is 16.9. The molecule has 1 fully saturated rings. The molecule has 0 bridgehead atoms. The standard InChI is InChI=1S/C15H15ClFN3O3S/c1-19-8-11(7-18-19)14-9-24(22,23)5-4-20(14)15(21)10-2-3-13(17)12(16)6-10/h2-3,6-8,14H,4-5,9H2,1H3. The lowest BCUT2D eigenvalue weighted by atomic mass is 10.1. The number of rotatable bonds is 2. The second-order valence-electron chi connectivity index (χ2n) is 5.70. The van der Waals surface area contributed by atoms with Gasteiger partial charge in [-0.15, -0.1) is 0 Å². The van der Waals surface area contributed by atoms with Crippen molar-refractivity contribution in [2.24, 2.45) is 7.05 Å². The van der Waals surface area contributed by atoms with E-state index in [2.05, 4.69) is 5.10 Å². The van der Waals surface area contributed by atoms with E-state index in [-0.39, 0.29) is 34.5 Å². The highest BCUT2D eigenvalue weighted by atomic mass is 35.5. The summed E-state index contributed by atoms with van der Waals surface area (Å²) >= 11 is 5.74. The van der Waals surface area contributed by atoms with Gasteiger partial charge in [0, 0.05) is 30.9 Å². The lowest BCUT2D eigenvalue weighted by Gasteiger charge is -2.35. The van der Waals surface area contributed by atoms with Crippen LogP contribution in [0, 0.1) is 5.82 Å². The fourth-order valence-electron chi connectivity index (χ4n) is 2.73. The van der Waals surface area contributed by atoms with Crippen LogP contribution in [0.15, 0.2) is 30.6 Å². The molecule has 0 radical (unpaired) electrons. The summed E-state index contributed by atoms with van der Waals surface area (Å²) in [6, 6.07) is 3.08. The highest BCUT2D eigenvalue weighted by Gasteiger charge is 2.36. The van der Waals surface area contributed by atoms with Gasteiger partial charge in [0.05, 0.1) is 28.8 Å². The molecule has 24 heavy (non-hydrogen) atoms. The summed E-state index contributed by atoms with van der Waals surface area (Å²) < 4.78 is 38.9. The molecular weight excluding hydrogens is 357 g/mol. The average molecular weight is 372 g/mol. The van der Waals surface area contributed by atoms with E-state index in [1.807, 2.05) is 0 Å². The highest BCUT2D eigenvalue weighted by Crippen LogP contribution is 2.29. The van der Waals surface area contributed by atoms with Crippen LogP contribution in [0.4, 0.5) is 4.39 Å². The van der Waals surface area contributed by atoms with Crippen molar-refractivity contribution in [2.75, 3.05) is 18.1 Å². The van der Waals surface area contributed by atoms with Crippen molar-refractivity contribution in [3.63, 3.8) is 0 Å². The molecule has 9 heteroatoms. The zero-order valence-corrected chi connectivity index (χ0v) is 14.4. The van der Waals surface area contributed by atoms with E-state index >= 15 is 0 Å². The van der Waals surface area contributed by atoms with E-state index in [4.69, 9.17) is 11.6 Å². The number of hydrogen-bond donors (Lipinski definition) is 0. The maximum absolute atomic E-state index is 13.3. The molecule has 1 aromatic carbocycles. The Kier molecular flexibility index (Phi) is 4.35. The molecule has 128 valence electrons. The third kappa shape index (κ3) is 3.29. The first-order valence-electron chi connectivity index (χ1n) is 7.22. The average Bonchev–Trinajstić information content (AvgIpc) is 2.95. The predicted octanol–water partition coefficient (Wildman–Crippen LogP) is 1.82. The Morgan fingerprint density at radius 2 is 2.17 bits per heavy atom. The molecule has 1 aliphatic heterocycles. The minimum Gasteiger partial charge on any atom is -0.329 e. The van der Waals surface area contributed by atoms with Crippen LogP contribution in [-0.2, 0) is 16.9 Å². The zero-order chi connectivity index (χ0) is 17.5. The smallest absolute Gasteiger partial charge is 0.254 e. The molecule has 1 saturated heterocycles. The first-order chi connectivity index (χ1) is 11.3. The van der Waals surface area contributed by atoms with Crippen LogP contribution in [0.1, 0.15) is 22.0 Å². The third-order valence-electron chi connectivity index (χ3n) is 3.97. The molecule has 2 aromatic rings. The number of hydrogen-bond acceptors (Lipinski definition) is 4. The maximum Gasteiger partial charge on any atom is 0.254 e. The van der Waals surface area contributed by atoms with Gasteiger partial charge in [0.1, 0.15) is 5.82 Å². The van der Waals surface area contributed by atoms with Crippen LogP contribution in [0.5, 0.6) is 0 Å². The first-order valence-corrected chi connectivity index (χ1v) is 9.42. The van der Waals surface area contributed by atoms with Crippen molar-refractivity contribution >= 4 is 27.3 Å². The molecule has 0 saturated carbocycles. The third-order valence-corrected chi connectivity index (χ3v) is 5.89. The normalized spacial score (nSPS) is 20.1. The Bertz CT molecular complexity index is 897. The van der Waals surface area contributed by atoms with E-state index in [1.165, 1.54) is 17.0 Å². The van der Waals surface area contributed by atoms with Crippen LogP contribution >= 0.6 is 11.6 Å².